The highest BCUT2D eigenvalue weighted by molar-refractivity contribution is 9.10. The van der Waals surface area contributed by atoms with Gasteiger partial charge in [-0.15, -0.1) is 0 Å². The number of hydrogen-bond acceptors (Lipinski definition) is 3. The van der Waals surface area contributed by atoms with Gasteiger partial charge in [-0.2, -0.15) is 0 Å². The van der Waals surface area contributed by atoms with E-state index < -0.39 is 0 Å². The molecule has 1 amide bonds. The molecule has 1 heterocycles. The maximum absolute atomic E-state index is 12.0. The number of aromatic nitrogens is 1. The molecule has 0 spiro atoms. The molecular formula is C13H12BrClN2O2. The fourth-order valence-corrected chi connectivity index (χ4v) is 1.98. The normalized spacial score (nSPS) is 12.2. The van der Waals surface area contributed by atoms with Crippen molar-refractivity contribution < 1.29 is 9.21 Å². The molecule has 0 aliphatic carbocycles. The molecule has 19 heavy (non-hydrogen) atoms. The van der Waals surface area contributed by atoms with E-state index in [4.69, 9.17) is 16.0 Å². The van der Waals surface area contributed by atoms with Gasteiger partial charge in [0.25, 0.3) is 5.91 Å². The van der Waals surface area contributed by atoms with Crippen LogP contribution in [-0.2, 0) is 0 Å². The molecule has 0 aliphatic rings. The highest BCUT2D eigenvalue weighted by atomic mass is 79.9. The minimum Gasteiger partial charge on any atom is -0.444 e. The molecule has 4 nitrogen and oxygen atoms in total. The molecule has 6 heteroatoms. The average Bonchev–Trinajstić information content (AvgIpc) is 2.79. The number of nitrogens with one attached hydrogen (secondary N) is 1. The number of hydrogen-bond donors (Lipinski definition) is 1. The van der Waals surface area contributed by atoms with E-state index in [-0.39, 0.29) is 11.9 Å². The van der Waals surface area contributed by atoms with Crippen molar-refractivity contribution in [1.29, 1.82) is 0 Å². The van der Waals surface area contributed by atoms with Crippen LogP contribution in [0.4, 0.5) is 0 Å². The summed E-state index contributed by atoms with van der Waals surface area (Å²) < 4.78 is 6.12. The predicted octanol–water partition coefficient (Wildman–Crippen LogP) is 3.89. The van der Waals surface area contributed by atoms with E-state index in [2.05, 4.69) is 26.2 Å². The standard InChI is InChI=1S/C13H12BrClN2O2/c1-7-6-16-13(19-7)8(2)17-12(18)9-3-4-10(14)11(15)5-9/h3-6,8H,1-2H3,(H,17,18). The second-order valence-electron chi connectivity index (χ2n) is 4.13. The van der Waals surface area contributed by atoms with Crippen molar-refractivity contribution >= 4 is 33.4 Å². The fraction of sp³-hybridized carbons (Fsp3) is 0.231. The van der Waals surface area contributed by atoms with Crippen LogP contribution in [0.15, 0.2) is 33.3 Å². The van der Waals surface area contributed by atoms with Crippen LogP contribution < -0.4 is 5.32 Å². The lowest BCUT2D eigenvalue weighted by Gasteiger charge is -2.10. The number of oxazole rings is 1. The Hall–Kier alpha value is -1.33. The van der Waals surface area contributed by atoms with Gasteiger partial charge >= 0.3 is 0 Å². The lowest BCUT2D eigenvalue weighted by Crippen LogP contribution is -2.26. The maximum Gasteiger partial charge on any atom is 0.251 e. The summed E-state index contributed by atoms with van der Waals surface area (Å²) in [6.07, 6.45) is 1.62. The molecule has 1 unspecified atom stereocenters. The topological polar surface area (TPSA) is 55.1 Å². The lowest BCUT2D eigenvalue weighted by atomic mass is 10.2. The first-order valence-corrected chi connectivity index (χ1v) is 6.82. The smallest absolute Gasteiger partial charge is 0.251 e. The average molecular weight is 344 g/mol. The quantitative estimate of drug-likeness (QED) is 0.920. The molecule has 1 aromatic carbocycles. The fourth-order valence-electron chi connectivity index (χ4n) is 1.55. The summed E-state index contributed by atoms with van der Waals surface area (Å²) in [6, 6.07) is 4.73. The number of benzene rings is 1. The Labute approximate surface area is 124 Å². The molecule has 2 rings (SSSR count). The molecule has 0 bridgehead atoms. The molecule has 1 aromatic heterocycles. The van der Waals surface area contributed by atoms with E-state index >= 15 is 0 Å². The van der Waals surface area contributed by atoms with Gasteiger partial charge in [-0.3, -0.25) is 4.79 Å². The molecule has 0 aliphatic heterocycles. The van der Waals surface area contributed by atoms with Crippen molar-refractivity contribution in [2.45, 2.75) is 19.9 Å². The summed E-state index contributed by atoms with van der Waals surface area (Å²) in [6.45, 7) is 3.61. The third kappa shape index (κ3) is 3.36. The molecule has 2 aromatic rings. The number of aryl methyl sites for hydroxylation is 1. The number of rotatable bonds is 3. The van der Waals surface area contributed by atoms with Crippen LogP contribution in [-0.4, -0.2) is 10.9 Å². The third-order valence-electron chi connectivity index (χ3n) is 2.54. The number of carbonyl (C=O) groups excluding carboxylic acids is 1. The van der Waals surface area contributed by atoms with Gasteiger partial charge in [0.2, 0.25) is 5.89 Å². The summed E-state index contributed by atoms with van der Waals surface area (Å²) in [4.78, 5) is 16.1. The summed E-state index contributed by atoms with van der Waals surface area (Å²) in [7, 11) is 0. The molecule has 1 atom stereocenters. The molecule has 0 saturated carbocycles. The van der Waals surface area contributed by atoms with E-state index in [1.54, 1.807) is 31.3 Å². The molecule has 1 N–H and O–H groups in total. The van der Waals surface area contributed by atoms with Crippen LogP contribution in [0.1, 0.15) is 35.0 Å². The summed E-state index contributed by atoms with van der Waals surface area (Å²) in [5.41, 5.74) is 0.489. The van der Waals surface area contributed by atoms with Gasteiger partial charge in [-0.1, -0.05) is 11.6 Å². The molecular weight excluding hydrogens is 332 g/mol. The lowest BCUT2D eigenvalue weighted by molar-refractivity contribution is 0.0934. The SMILES string of the molecule is Cc1cnc(C(C)NC(=O)c2ccc(Br)c(Cl)c2)o1. The van der Waals surface area contributed by atoms with E-state index in [1.165, 1.54) is 0 Å². The molecule has 100 valence electrons. The van der Waals surface area contributed by atoms with E-state index in [0.29, 0.717) is 22.2 Å². The van der Waals surface area contributed by atoms with Gasteiger partial charge in [0.05, 0.1) is 11.2 Å². The van der Waals surface area contributed by atoms with Crippen LogP contribution in [0.2, 0.25) is 5.02 Å². The Morgan fingerprint density at radius 1 is 1.53 bits per heavy atom. The minimum absolute atomic E-state index is 0.224. The Balaban J connectivity index is 2.10. The highest BCUT2D eigenvalue weighted by Gasteiger charge is 2.16. The Kier molecular flexibility index (Phi) is 4.27. The largest absolute Gasteiger partial charge is 0.444 e. The van der Waals surface area contributed by atoms with Crippen molar-refractivity contribution in [3.8, 4) is 0 Å². The number of halogens is 2. The first-order chi connectivity index (χ1) is 8.97. The molecule has 0 fully saturated rings. The molecule has 0 saturated heterocycles. The van der Waals surface area contributed by atoms with Crippen molar-refractivity contribution in [3.05, 3.63) is 51.1 Å². The summed E-state index contributed by atoms with van der Waals surface area (Å²) in [5.74, 6) is 0.967. The van der Waals surface area contributed by atoms with Gasteiger partial charge < -0.3 is 9.73 Å². The van der Waals surface area contributed by atoms with Crippen LogP contribution in [0, 0.1) is 6.92 Å². The predicted molar refractivity (Wildman–Crippen MR) is 76.3 cm³/mol. The van der Waals surface area contributed by atoms with E-state index in [0.717, 1.165) is 4.47 Å². The maximum atomic E-state index is 12.0. The number of amides is 1. The van der Waals surface area contributed by atoms with Gasteiger partial charge in [0.1, 0.15) is 11.8 Å². The van der Waals surface area contributed by atoms with Crippen LogP contribution in [0.3, 0.4) is 0 Å². The second kappa shape index (κ2) is 5.75. The summed E-state index contributed by atoms with van der Waals surface area (Å²) >= 11 is 9.24. The van der Waals surface area contributed by atoms with Gasteiger partial charge in [-0.05, 0) is 48.0 Å². The van der Waals surface area contributed by atoms with Gasteiger partial charge in [0, 0.05) is 10.0 Å². The Morgan fingerprint density at radius 2 is 2.26 bits per heavy atom. The van der Waals surface area contributed by atoms with E-state index in [9.17, 15) is 4.79 Å². The number of nitrogens with zero attached hydrogens (tertiary/aromatic N) is 1. The highest BCUT2D eigenvalue weighted by Crippen LogP contribution is 2.23. The second-order valence-corrected chi connectivity index (χ2v) is 5.39. The Morgan fingerprint density at radius 3 is 2.84 bits per heavy atom. The van der Waals surface area contributed by atoms with Crippen LogP contribution >= 0.6 is 27.5 Å². The zero-order valence-corrected chi connectivity index (χ0v) is 12.7. The van der Waals surface area contributed by atoms with Crippen molar-refractivity contribution in [2.75, 3.05) is 0 Å². The summed E-state index contributed by atoms with van der Waals surface area (Å²) in [5, 5.41) is 3.30. The van der Waals surface area contributed by atoms with Crippen LogP contribution in [0.5, 0.6) is 0 Å². The third-order valence-corrected chi connectivity index (χ3v) is 3.77. The Bertz CT molecular complexity index is 612. The first kappa shape index (κ1) is 14.1. The van der Waals surface area contributed by atoms with Crippen molar-refractivity contribution in [2.24, 2.45) is 0 Å². The van der Waals surface area contributed by atoms with Gasteiger partial charge in [-0.25, -0.2) is 4.98 Å². The molecule has 0 radical (unpaired) electrons. The zero-order valence-electron chi connectivity index (χ0n) is 10.4. The van der Waals surface area contributed by atoms with Crippen molar-refractivity contribution in [3.63, 3.8) is 0 Å². The van der Waals surface area contributed by atoms with Crippen molar-refractivity contribution in [1.82, 2.24) is 10.3 Å². The minimum atomic E-state index is -0.302. The van der Waals surface area contributed by atoms with Gasteiger partial charge in [0.15, 0.2) is 0 Å². The van der Waals surface area contributed by atoms with E-state index in [1.807, 2.05) is 6.92 Å². The zero-order chi connectivity index (χ0) is 14.0. The van der Waals surface area contributed by atoms with Crippen LogP contribution in [0.25, 0.3) is 0 Å². The monoisotopic (exact) mass is 342 g/mol. The number of carbonyl (C=O) groups is 1. The first-order valence-electron chi connectivity index (χ1n) is 5.65.